The molecule has 3 aromatic rings. The van der Waals surface area contributed by atoms with Crippen LogP contribution in [0.4, 0.5) is 14.9 Å². The fraction of sp³-hybridized carbons (Fsp3) is 0.160. The average molecular weight is 464 g/mol. The third-order valence-corrected chi connectivity index (χ3v) is 5.60. The molecule has 8 nitrogen and oxygen atoms in total. The van der Waals surface area contributed by atoms with E-state index in [0.29, 0.717) is 0 Å². The van der Waals surface area contributed by atoms with Gasteiger partial charge in [0.2, 0.25) is 0 Å². The molecule has 0 bridgehead atoms. The highest BCUT2D eigenvalue weighted by atomic mass is 19.1. The van der Waals surface area contributed by atoms with Gasteiger partial charge >= 0.3 is 12.1 Å². The van der Waals surface area contributed by atoms with Gasteiger partial charge in [0.25, 0.3) is 5.91 Å². The Morgan fingerprint density at radius 1 is 0.971 bits per heavy atom. The number of carboxylic acids is 1. The van der Waals surface area contributed by atoms with Crippen LogP contribution in [0.3, 0.4) is 0 Å². The molecule has 0 aromatic heterocycles. The Hall–Kier alpha value is -4.24. The lowest BCUT2D eigenvalue weighted by atomic mass is 9.98. The summed E-state index contributed by atoms with van der Waals surface area (Å²) >= 11 is 0. The SMILES string of the molecule is O=C(Nc1ccc(C(=O)N[C@@H](CO)C(=O)O)cc1F)OCC1c2ccccc2-c2ccccc21. The molecule has 1 aliphatic carbocycles. The number of fused-ring (bicyclic) bond motifs is 3. The lowest BCUT2D eigenvalue weighted by molar-refractivity contribution is -0.140. The van der Waals surface area contributed by atoms with Crippen LogP contribution < -0.4 is 10.6 Å². The zero-order valence-corrected chi connectivity index (χ0v) is 17.8. The molecule has 4 rings (SSSR count). The van der Waals surface area contributed by atoms with E-state index in [1.807, 2.05) is 48.5 Å². The van der Waals surface area contributed by atoms with Gasteiger partial charge in [-0.2, -0.15) is 0 Å². The average Bonchev–Trinajstić information content (AvgIpc) is 3.16. The first-order valence-corrected chi connectivity index (χ1v) is 10.4. The molecule has 0 fully saturated rings. The molecule has 0 saturated carbocycles. The molecule has 1 aliphatic rings. The Morgan fingerprint density at radius 2 is 1.59 bits per heavy atom. The molecule has 0 spiro atoms. The number of anilines is 1. The highest BCUT2D eigenvalue weighted by Crippen LogP contribution is 2.44. The van der Waals surface area contributed by atoms with Gasteiger partial charge < -0.3 is 20.3 Å². The summed E-state index contributed by atoms with van der Waals surface area (Å²) in [5, 5.41) is 22.3. The summed E-state index contributed by atoms with van der Waals surface area (Å²) < 4.78 is 19.8. The summed E-state index contributed by atoms with van der Waals surface area (Å²) in [5.74, 6) is -3.36. The molecule has 0 radical (unpaired) electrons. The Balaban J connectivity index is 1.40. The van der Waals surface area contributed by atoms with Crippen molar-refractivity contribution in [2.75, 3.05) is 18.5 Å². The smallest absolute Gasteiger partial charge is 0.411 e. The molecular formula is C25H21FN2O6. The summed E-state index contributed by atoms with van der Waals surface area (Å²) in [7, 11) is 0. The Labute approximate surface area is 194 Å². The number of hydrogen-bond acceptors (Lipinski definition) is 5. The first-order chi connectivity index (χ1) is 16.4. The number of carboxylic acid groups (broad SMARTS) is 1. The molecule has 0 aliphatic heterocycles. The molecule has 4 N–H and O–H groups in total. The second-order valence-electron chi connectivity index (χ2n) is 7.69. The predicted octanol–water partition coefficient (Wildman–Crippen LogP) is 3.36. The van der Waals surface area contributed by atoms with Crippen LogP contribution >= 0.6 is 0 Å². The van der Waals surface area contributed by atoms with Crippen LogP contribution in [0.5, 0.6) is 0 Å². The normalized spacial score (nSPS) is 12.9. The molecule has 0 heterocycles. The van der Waals surface area contributed by atoms with E-state index in [0.717, 1.165) is 28.3 Å². The van der Waals surface area contributed by atoms with E-state index < -0.39 is 36.4 Å². The Morgan fingerprint density at radius 3 is 2.15 bits per heavy atom. The number of carbonyl (C=O) groups is 3. The van der Waals surface area contributed by atoms with Crippen LogP contribution in [-0.2, 0) is 9.53 Å². The molecule has 0 unspecified atom stereocenters. The summed E-state index contributed by atoms with van der Waals surface area (Å²) in [4.78, 5) is 35.4. The standard InChI is InChI=1S/C25H21FN2O6/c26-20-11-14(23(30)27-22(12-29)24(31)32)9-10-21(20)28-25(33)34-13-19-17-7-3-1-5-15(17)16-6-2-4-8-18(16)19/h1-11,19,22,29H,12-13H2,(H,27,30)(H,28,33)(H,31,32)/t22-/m0/s1. The van der Waals surface area contributed by atoms with Crippen molar-refractivity contribution < 1.29 is 33.7 Å². The third-order valence-electron chi connectivity index (χ3n) is 5.60. The van der Waals surface area contributed by atoms with Crippen LogP contribution in [0.15, 0.2) is 66.7 Å². The topological polar surface area (TPSA) is 125 Å². The molecular weight excluding hydrogens is 443 g/mol. The number of aliphatic hydroxyl groups excluding tert-OH is 1. The number of carbonyl (C=O) groups excluding carboxylic acids is 2. The number of ether oxygens (including phenoxy) is 1. The van der Waals surface area contributed by atoms with Gasteiger partial charge in [0.1, 0.15) is 12.4 Å². The van der Waals surface area contributed by atoms with Gasteiger partial charge in [-0.3, -0.25) is 10.1 Å². The zero-order chi connectivity index (χ0) is 24.2. The predicted molar refractivity (Wildman–Crippen MR) is 121 cm³/mol. The minimum atomic E-state index is -1.52. The van der Waals surface area contributed by atoms with Crippen molar-refractivity contribution in [2.24, 2.45) is 0 Å². The fourth-order valence-corrected chi connectivity index (χ4v) is 3.93. The highest BCUT2D eigenvalue weighted by molar-refractivity contribution is 5.97. The van der Waals surface area contributed by atoms with Crippen LogP contribution in [0.1, 0.15) is 27.4 Å². The van der Waals surface area contributed by atoms with Crippen molar-refractivity contribution in [1.29, 1.82) is 0 Å². The number of aliphatic hydroxyl groups is 1. The summed E-state index contributed by atoms with van der Waals surface area (Å²) in [6, 6.07) is 17.4. The van der Waals surface area contributed by atoms with E-state index >= 15 is 0 Å². The minimum Gasteiger partial charge on any atom is -0.480 e. The Bertz CT molecular complexity index is 1220. The van der Waals surface area contributed by atoms with E-state index in [4.69, 9.17) is 14.9 Å². The molecule has 9 heteroatoms. The van der Waals surface area contributed by atoms with Gasteiger partial charge in [-0.15, -0.1) is 0 Å². The maximum Gasteiger partial charge on any atom is 0.411 e. The molecule has 3 aromatic carbocycles. The van der Waals surface area contributed by atoms with Crippen molar-refractivity contribution in [1.82, 2.24) is 5.32 Å². The summed E-state index contributed by atoms with van der Waals surface area (Å²) in [6.45, 7) is -0.759. The van der Waals surface area contributed by atoms with Gasteiger partial charge in [-0.05, 0) is 40.5 Å². The lowest BCUT2D eigenvalue weighted by Gasteiger charge is -2.15. The van der Waals surface area contributed by atoms with Gasteiger partial charge in [0, 0.05) is 11.5 Å². The van der Waals surface area contributed by atoms with E-state index in [1.54, 1.807) is 0 Å². The van der Waals surface area contributed by atoms with Crippen LogP contribution in [0, 0.1) is 5.82 Å². The summed E-state index contributed by atoms with van der Waals surface area (Å²) in [5.41, 5.74) is 3.87. The van der Waals surface area contributed by atoms with Gasteiger partial charge in [0.15, 0.2) is 6.04 Å². The highest BCUT2D eigenvalue weighted by Gasteiger charge is 2.29. The summed E-state index contributed by atoms with van der Waals surface area (Å²) in [6.07, 6.45) is -0.857. The van der Waals surface area contributed by atoms with Crippen molar-refractivity contribution in [3.8, 4) is 11.1 Å². The molecule has 1 atom stereocenters. The monoisotopic (exact) mass is 464 g/mol. The van der Waals surface area contributed by atoms with Crippen molar-refractivity contribution >= 4 is 23.7 Å². The Kier molecular flexibility index (Phi) is 6.55. The van der Waals surface area contributed by atoms with Crippen LogP contribution in [0.2, 0.25) is 0 Å². The van der Waals surface area contributed by atoms with E-state index in [1.165, 1.54) is 12.1 Å². The van der Waals surface area contributed by atoms with Crippen molar-refractivity contribution in [2.45, 2.75) is 12.0 Å². The van der Waals surface area contributed by atoms with Gasteiger partial charge in [-0.1, -0.05) is 48.5 Å². The van der Waals surface area contributed by atoms with E-state index in [2.05, 4.69) is 10.6 Å². The van der Waals surface area contributed by atoms with Gasteiger partial charge in [-0.25, -0.2) is 14.0 Å². The number of nitrogens with one attached hydrogen (secondary N) is 2. The zero-order valence-electron chi connectivity index (χ0n) is 17.8. The van der Waals surface area contributed by atoms with Crippen molar-refractivity contribution in [3.63, 3.8) is 0 Å². The van der Waals surface area contributed by atoms with Crippen LogP contribution in [0.25, 0.3) is 11.1 Å². The lowest BCUT2D eigenvalue weighted by Crippen LogP contribution is -2.43. The fourth-order valence-electron chi connectivity index (χ4n) is 3.93. The van der Waals surface area contributed by atoms with Crippen LogP contribution in [-0.4, -0.2) is 47.4 Å². The molecule has 2 amide bonds. The minimum absolute atomic E-state index is 0.0553. The number of halogens is 1. The van der Waals surface area contributed by atoms with E-state index in [9.17, 15) is 18.8 Å². The maximum atomic E-state index is 14.5. The quantitative estimate of drug-likeness (QED) is 0.425. The second kappa shape index (κ2) is 9.72. The molecule has 34 heavy (non-hydrogen) atoms. The molecule has 0 saturated heterocycles. The van der Waals surface area contributed by atoms with Crippen molar-refractivity contribution in [3.05, 3.63) is 89.2 Å². The number of hydrogen-bond donors (Lipinski definition) is 4. The largest absolute Gasteiger partial charge is 0.480 e. The number of rotatable bonds is 7. The first-order valence-electron chi connectivity index (χ1n) is 10.4. The third kappa shape index (κ3) is 4.60. The van der Waals surface area contributed by atoms with Gasteiger partial charge in [0.05, 0.1) is 12.3 Å². The number of amides is 2. The second-order valence-corrected chi connectivity index (χ2v) is 7.69. The molecule has 174 valence electrons. The number of aliphatic carboxylic acids is 1. The van der Waals surface area contributed by atoms with E-state index in [-0.39, 0.29) is 23.8 Å². The maximum absolute atomic E-state index is 14.5. The first kappa shape index (κ1) is 22.9. The number of benzene rings is 3.